The molecule has 0 saturated heterocycles. The maximum atomic E-state index is 12.4. The Bertz CT molecular complexity index is 668. The van der Waals surface area contributed by atoms with Gasteiger partial charge in [-0.3, -0.25) is 4.79 Å². The van der Waals surface area contributed by atoms with Crippen LogP contribution in [0.2, 0.25) is 0 Å². The average molecular weight is 272 g/mol. The van der Waals surface area contributed by atoms with E-state index in [0.717, 1.165) is 36.1 Å². The van der Waals surface area contributed by atoms with Gasteiger partial charge in [-0.1, -0.05) is 12.5 Å². The van der Waals surface area contributed by atoms with Gasteiger partial charge in [-0.2, -0.15) is 0 Å². The van der Waals surface area contributed by atoms with E-state index in [4.69, 9.17) is 9.72 Å². The molecule has 106 valence electrons. The minimum absolute atomic E-state index is 0.124. The predicted octanol–water partition coefficient (Wildman–Crippen LogP) is 2.87. The van der Waals surface area contributed by atoms with Crippen LogP contribution in [-0.2, 0) is 22.0 Å². The summed E-state index contributed by atoms with van der Waals surface area (Å²) < 4.78 is 7.33. The van der Waals surface area contributed by atoms with E-state index in [0.29, 0.717) is 6.61 Å². The van der Waals surface area contributed by atoms with Crippen molar-refractivity contribution in [2.75, 3.05) is 6.61 Å². The zero-order valence-electron chi connectivity index (χ0n) is 12.3. The number of rotatable bonds is 3. The van der Waals surface area contributed by atoms with Gasteiger partial charge in [0.2, 0.25) is 0 Å². The highest BCUT2D eigenvalue weighted by molar-refractivity contribution is 5.86. The molecule has 0 amide bonds. The molecule has 2 aromatic rings. The molecule has 0 bridgehead atoms. The first kappa shape index (κ1) is 13.2. The monoisotopic (exact) mass is 272 g/mol. The average Bonchev–Trinajstić information content (AvgIpc) is 2.66. The van der Waals surface area contributed by atoms with Crippen molar-refractivity contribution in [3.05, 3.63) is 29.6 Å². The van der Waals surface area contributed by atoms with E-state index in [9.17, 15) is 4.79 Å². The Morgan fingerprint density at radius 2 is 2.20 bits per heavy atom. The molecule has 1 aromatic heterocycles. The van der Waals surface area contributed by atoms with E-state index in [1.807, 2.05) is 18.5 Å². The summed E-state index contributed by atoms with van der Waals surface area (Å²) in [5.74, 6) is 0.726. The molecule has 0 unspecified atom stereocenters. The summed E-state index contributed by atoms with van der Waals surface area (Å²) >= 11 is 0. The van der Waals surface area contributed by atoms with Crippen molar-refractivity contribution in [3.8, 4) is 0 Å². The molecule has 0 atom stereocenters. The topological polar surface area (TPSA) is 44.1 Å². The van der Waals surface area contributed by atoms with Crippen molar-refractivity contribution in [2.24, 2.45) is 7.05 Å². The van der Waals surface area contributed by atoms with Gasteiger partial charge in [-0.15, -0.1) is 0 Å². The molecule has 1 aromatic carbocycles. The maximum Gasteiger partial charge on any atom is 0.319 e. The fourth-order valence-electron chi connectivity index (χ4n) is 3.06. The van der Waals surface area contributed by atoms with Gasteiger partial charge >= 0.3 is 5.97 Å². The van der Waals surface area contributed by atoms with Crippen LogP contribution in [0.3, 0.4) is 0 Å². The molecule has 0 spiro atoms. The first-order valence-electron chi connectivity index (χ1n) is 7.19. The summed E-state index contributed by atoms with van der Waals surface area (Å²) in [4.78, 5) is 17.1. The highest BCUT2D eigenvalue weighted by Gasteiger charge is 2.50. The molecule has 0 N–H and O–H groups in total. The Labute approximate surface area is 118 Å². The molecule has 4 nitrogen and oxygen atoms in total. The Balaban J connectivity index is 2.13. The number of fused-ring (bicyclic) bond motifs is 1. The molecule has 3 rings (SSSR count). The highest BCUT2D eigenvalue weighted by Crippen LogP contribution is 2.44. The van der Waals surface area contributed by atoms with Crippen molar-refractivity contribution < 1.29 is 9.53 Å². The summed E-state index contributed by atoms with van der Waals surface area (Å²) in [6.07, 6.45) is 2.73. The van der Waals surface area contributed by atoms with Crippen LogP contribution in [0.1, 0.15) is 37.6 Å². The van der Waals surface area contributed by atoms with Gasteiger partial charge in [0, 0.05) is 7.05 Å². The van der Waals surface area contributed by atoms with Crippen LogP contribution in [0.4, 0.5) is 0 Å². The fourth-order valence-corrected chi connectivity index (χ4v) is 3.06. The summed E-state index contributed by atoms with van der Waals surface area (Å²) in [5.41, 5.74) is 2.68. The molecule has 20 heavy (non-hydrogen) atoms. The largest absolute Gasteiger partial charge is 0.465 e. The number of esters is 1. The SMILES string of the molecule is CCOC(=O)C1(c2nc3cc(C)ccc3n2C)CCC1. The Morgan fingerprint density at radius 1 is 1.45 bits per heavy atom. The summed E-state index contributed by atoms with van der Waals surface area (Å²) in [5, 5.41) is 0. The summed E-state index contributed by atoms with van der Waals surface area (Å²) in [6.45, 7) is 4.32. The van der Waals surface area contributed by atoms with Crippen LogP contribution in [-0.4, -0.2) is 22.1 Å². The van der Waals surface area contributed by atoms with Crippen molar-refractivity contribution in [1.82, 2.24) is 9.55 Å². The number of carbonyl (C=O) groups is 1. The van der Waals surface area contributed by atoms with Crippen LogP contribution >= 0.6 is 0 Å². The molecule has 1 aliphatic carbocycles. The Kier molecular flexibility index (Phi) is 3.04. The van der Waals surface area contributed by atoms with Crippen molar-refractivity contribution in [2.45, 2.75) is 38.5 Å². The fraction of sp³-hybridized carbons (Fsp3) is 0.500. The number of benzene rings is 1. The molecule has 1 aliphatic rings. The second kappa shape index (κ2) is 4.62. The second-order valence-electron chi connectivity index (χ2n) is 5.64. The number of imidazole rings is 1. The van der Waals surface area contributed by atoms with E-state index in [1.165, 1.54) is 5.56 Å². The van der Waals surface area contributed by atoms with Gasteiger partial charge in [0.25, 0.3) is 0 Å². The van der Waals surface area contributed by atoms with E-state index < -0.39 is 5.41 Å². The van der Waals surface area contributed by atoms with Crippen molar-refractivity contribution in [1.29, 1.82) is 0 Å². The third kappa shape index (κ3) is 1.74. The molecule has 1 saturated carbocycles. The Morgan fingerprint density at radius 3 is 2.80 bits per heavy atom. The standard InChI is InChI=1S/C16H20N2O2/c1-4-20-15(19)16(8-5-9-16)14-17-12-10-11(2)6-7-13(12)18(14)3/h6-7,10H,4-5,8-9H2,1-3H3. The van der Waals surface area contributed by atoms with Gasteiger partial charge in [-0.25, -0.2) is 4.98 Å². The lowest BCUT2D eigenvalue weighted by molar-refractivity contribution is -0.154. The highest BCUT2D eigenvalue weighted by atomic mass is 16.5. The van der Waals surface area contributed by atoms with Gasteiger partial charge in [0.1, 0.15) is 11.2 Å². The quantitative estimate of drug-likeness (QED) is 0.807. The van der Waals surface area contributed by atoms with Gasteiger partial charge in [0.15, 0.2) is 0 Å². The van der Waals surface area contributed by atoms with E-state index in [-0.39, 0.29) is 5.97 Å². The van der Waals surface area contributed by atoms with Crippen molar-refractivity contribution in [3.63, 3.8) is 0 Å². The minimum Gasteiger partial charge on any atom is -0.465 e. The van der Waals surface area contributed by atoms with Crippen LogP contribution in [0.25, 0.3) is 11.0 Å². The smallest absolute Gasteiger partial charge is 0.319 e. The van der Waals surface area contributed by atoms with E-state index >= 15 is 0 Å². The number of ether oxygens (including phenoxy) is 1. The van der Waals surface area contributed by atoms with Crippen LogP contribution in [0.15, 0.2) is 18.2 Å². The molecule has 0 aliphatic heterocycles. The van der Waals surface area contributed by atoms with Crippen LogP contribution < -0.4 is 0 Å². The number of nitrogens with zero attached hydrogens (tertiary/aromatic N) is 2. The number of hydrogen-bond acceptors (Lipinski definition) is 3. The molecular formula is C16H20N2O2. The summed E-state index contributed by atoms with van der Waals surface area (Å²) in [7, 11) is 1.99. The van der Waals surface area contributed by atoms with Gasteiger partial charge in [-0.05, 0) is 44.4 Å². The number of aryl methyl sites for hydroxylation is 2. The third-order valence-electron chi connectivity index (χ3n) is 4.34. The molecule has 4 heteroatoms. The molecule has 1 heterocycles. The lowest BCUT2D eigenvalue weighted by atomic mass is 9.68. The molecule has 1 fully saturated rings. The molecular weight excluding hydrogens is 252 g/mol. The van der Waals surface area contributed by atoms with Crippen LogP contribution in [0.5, 0.6) is 0 Å². The predicted molar refractivity (Wildman–Crippen MR) is 77.6 cm³/mol. The first-order chi connectivity index (χ1) is 9.58. The van der Waals surface area contributed by atoms with Gasteiger partial charge < -0.3 is 9.30 Å². The number of carbonyl (C=O) groups excluding carboxylic acids is 1. The summed E-state index contributed by atoms with van der Waals surface area (Å²) in [6, 6.07) is 6.21. The van der Waals surface area contributed by atoms with E-state index in [1.54, 1.807) is 0 Å². The van der Waals surface area contributed by atoms with E-state index in [2.05, 4.69) is 25.1 Å². The number of hydrogen-bond donors (Lipinski definition) is 0. The van der Waals surface area contributed by atoms with Crippen LogP contribution in [0, 0.1) is 6.92 Å². The molecule has 0 radical (unpaired) electrons. The third-order valence-corrected chi connectivity index (χ3v) is 4.34. The normalized spacial score (nSPS) is 16.9. The zero-order valence-corrected chi connectivity index (χ0v) is 12.3. The zero-order chi connectivity index (χ0) is 14.3. The first-order valence-corrected chi connectivity index (χ1v) is 7.19. The Hall–Kier alpha value is -1.84. The maximum absolute atomic E-state index is 12.4. The minimum atomic E-state index is -0.530. The lowest BCUT2D eigenvalue weighted by Gasteiger charge is -2.38. The van der Waals surface area contributed by atoms with Crippen molar-refractivity contribution >= 4 is 17.0 Å². The lowest BCUT2D eigenvalue weighted by Crippen LogP contribution is -2.45. The van der Waals surface area contributed by atoms with Gasteiger partial charge in [0.05, 0.1) is 17.6 Å². The number of aromatic nitrogens is 2. The second-order valence-corrected chi connectivity index (χ2v) is 5.64.